The lowest BCUT2D eigenvalue weighted by Crippen LogP contribution is -2.43. The molecule has 1 aromatic rings. The van der Waals surface area contributed by atoms with E-state index in [1.165, 1.54) is 0 Å². The largest absolute Gasteiger partial charge is 0.508 e. The molecule has 0 saturated carbocycles. The van der Waals surface area contributed by atoms with Crippen LogP contribution in [0.5, 0.6) is 11.5 Å². The van der Waals surface area contributed by atoms with Crippen molar-refractivity contribution in [1.29, 1.82) is 0 Å². The molecule has 0 aliphatic carbocycles. The number of piperidine rings is 1. The van der Waals surface area contributed by atoms with Crippen LogP contribution < -0.4 is 4.74 Å². The molecule has 1 aromatic carbocycles. The summed E-state index contributed by atoms with van der Waals surface area (Å²) in [5.74, 6) is 0.232. The molecule has 1 aliphatic rings. The maximum absolute atomic E-state index is 11.3. The van der Waals surface area contributed by atoms with Gasteiger partial charge in [0.1, 0.15) is 11.5 Å². The first-order chi connectivity index (χ1) is 9.87. The lowest BCUT2D eigenvalue weighted by molar-refractivity contribution is -0.151. The number of carbonyl (C=O) groups is 1. The molecule has 1 unspecified atom stereocenters. The molecule has 116 valence electrons. The number of methoxy groups -OCH3 is 1. The molecule has 2 N–H and O–H groups in total. The Bertz CT molecular complexity index is 521. The van der Waals surface area contributed by atoms with Crippen molar-refractivity contribution in [2.45, 2.75) is 32.7 Å². The highest BCUT2D eigenvalue weighted by molar-refractivity contribution is 5.74. The number of likely N-dealkylation sites (tertiary alicyclic amines) is 1. The predicted octanol–water partition coefficient (Wildman–Crippen LogP) is 2.65. The summed E-state index contributed by atoms with van der Waals surface area (Å²) < 4.78 is 5.20. The first-order valence-corrected chi connectivity index (χ1v) is 7.22. The fourth-order valence-corrected chi connectivity index (χ4v) is 2.81. The van der Waals surface area contributed by atoms with Crippen molar-refractivity contribution in [3.63, 3.8) is 0 Å². The van der Waals surface area contributed by atoms with Gasteiger partial charge in [-0.25, -0.2) is 0 Å². The molecule has 0 spiro atoms. The molecule has 2 rings (SSSR count). The van der Waals surface area contributed by atoms with Gasteiger partial charge in [0.05, 0.1) is 12.5 Å². The van der Waals surface area contributed by atoms with Gasteiger partial charge in [-0.1, -0.05) is 0 Å². The zero-order valence-corrected chi connectivity index (χ0v) is 12.8. The molecule has 1 fully saturated rings. The molecule has 0 aromatic heterocycles. The summed E-state index contributed by atoms with van der Waals surface area (Å²) in [4.78, 5) is 13.5. The zero-order valence-electron chi connectivity index (χ0n) is 12.8. The van der Waals surface area contributed by atoms with Crippen LogP contribution in [-0.2, 0) is 4.79 Å². The van der Waals surface area contributed by atoms with E-state index in [1.54, 1.807) is 26.2 Å². The van der Waals surface area contributed by atoms with Crippen LogP contribution in [0.1, 0.15) is 38.3 Å². The normalized spacial score (nSPS) is 20.0. The number of ether oxygens (including phenoxy) is 1. The molecule has 0 bridgehead atoms. The highest BCUT2D eigenvalue weighted by Gasteiger charge is 2.38. The molecule has 1 heterocycles. The monoisotopic (exact) mass is 293 g/mol. The summed E-state index contributed by atoms with van der Waals surface area (Å²) in [5.41, 5.74) is 0.181. The minimum atomic E-state index is -0.723. The quantitative estimate of drug-likeness (QED) is 0.893. The lowest BCUT2D eigenvalue weighted by atomic mass is 9.80. The van der Waals surface area contributed by atoms with Gasteiger partial charge in [-0.3, -0.25) is 9.69 Å². The number of rotatable bonds is 4. The number of aromatic hydroxyl groups is 1. The number of carboxylic acid groups (broad SMARTS) is 1. The summed E-state index contributed by atoms with van der Waals surface area (Å²) in [5, 5.41) is 19.3. The van der Waals surface area contributed by atoms with Crippen molar-refractivity contribution in [3.05, 3.63) is 23.8 Å². The summed E-state index contributed by atoms with van der Waals surface area (Å²) in [6.45, 7) is 5.25. The molecular weight excluding hydrogens is 270 g/mol. The molecule has 1 aliphatic heterocycles. The van der Waals surface area contributed by atoms with E-state index in [9.17, 15) is 15.0 Å². The van der Waals surface area contributed by atoms with Gasteiger partial charge < -0.3 is 14.9 Å². The smallest absolute Gasteiger partial charge is 0.309 e. The van der Waals surface area contributed by atoms with Crippen LogP contribution in [0.3, 0.4) is 0 Å². The van der Waals surface area contributed by atoms with E-state index in [0.717, 1.165) is 5.56 Å². The van der Waals surface area contributed by atoms with Gasteiger partial charge in [0.25, 0.3) is 0 Å². The number of phenolic OH excluding ortho intramolecular Hbond substituents is 1. The van der Waals surface area contributed by atoms with Crippen molar-refractivity contribution in [2.24, 2.45) is 5.41 Å². The predicted molar refractivity (Wildman–Crippen MR) is 79.6 cm³/mol. The van der Waals surface area contributed by atoms with E-state index in [4.69, 9.17) is 4.74 Å². The number of nitrogens with zero attached hydrogens (tertiary/aromatic N) is 1. The van der Waals surface area contributed by atoms with E-state index >= 15 is 0 Å². The van der Waals surface area contributed by atoms with Crippen LogP contribution in [0.4, 0.5) is 0 Å². The van der Waals surface area contributed by atoms with Crippen molar-refractivity contribution in [2.75, 3.05) is 20.2 Å². The topological polar surface area (TPSA) is 70.0 Å². The Labute approximate surface area is 125 Å². The van der Waals surface area contributed by atoms with Crippen molar-refractivity contribution in [3.8, 4) is 11.5 Å². The van der Waals surface area contributed by atoms with E-state index in [0.29, 0.717) is 31.7 Å². The summed E-state index contributed by atoms with van der Waals surface area (Å²) in [6, 6.07) is 5.22. The van der Waals surface area contributed by atoms with Gasteiger partial charge in [0.2, 0.25) is 0 Å². The van der Waals surface area contributed by atoms with Crippen LogP contribution in [-0.4, -0.2) is 41.3 Å². The van der Waals surface area contributed by atoms with E-state index in [2.05, 4.69) is 4.90 Å². The van der Waals surface area contributed by atoms with Gasteiger partial charge in [-0.05, 0) is 58.0 Å². The van der Waals surface area contributed by atoms with Crippen molar-refractivity contribution >= 4 is 5.97 Å². The van der Waals surface area contributed by atoms with E-state index in [-0.39, 0.29) is 11.8 Å². The number of carboxylic acids is 1. The average molecular weight is 293 g/mol. The van der Waals surface area contributed by atoms with Crippen molar-refractivity contribution in [1.82, 2.24) is 4.90 Å². The second-order valence-corrected chi connectivity index (χ2v) is 6.00. The first kappa shape index (κ1) is 15.6. The van der Waals surface area contributed by atoms with Crippen molar-refractivity contribution < 1.29 is 19.7 Å². The molecule has 5 heteroatoms. The molecule has 0 radical (unpaired) electrons. The highest BCUT2D eigenvalue weighted by Crippen LogP contribution is 2.37. The Hall–Kier alpha value is -1.75. The Morgan fingerprint density at radius 1 is 1.38 bits per heavy atom. The Morgan fingerprint density at radius 3 is 2.52 bits per heavy atom. The number of hydrogen-bond donors (Lipinski definition) is 2. The van der Waals surface area contributed by atoms with Gasteiger partial charge in [0, 0.05) is 11.6 Å². The zero-order chi connectivity index (χ0) is 15.6. The van der Waals surface area contributed by atoms with Crippen LogP contribution >= 0.6 is 0 Å². The summed E-state index contributed by atoms with van der Waals surface area (Å²) >= 11 is 0. The molecule has 5 nitrogen and oxygen atoms in total. The third-order valence-corrected chi connectivity index (χ3v) is 4.65. The molecule has 1 atom stereocenters. The standard InChI is InChI=1S/C16H23NO4/c1-11(13-10-12(21-3)4-5-14(13)18)17-8-6-16(2,7-9-17)15(19)20/h4-5,10-11,18H,6-9H2,1-3H3,(H,19,20). The highest BCUT2D eigenvalue weighted by atomic mass is 16.5. The number of hydrogen-bond acceptors (Lipinski definition) is 4. The maximum atomic E-state index is 11.3. The fraction of sp³-hybridized carbons (Fsp3) is 0.562. The van der Waals surface area contributed by atoms with Crippen LogP contribution in [0, 0.1) is 5.41 Å². The molecule has 1 saturated heterocycles. The minimum absolute atomic E-state index is 0.0263. The second-order valence-electron chi connectivity index (χ2n) is 6.00. The van der Waals surface area contributed by atoms with Gasteiger partial charge in [-0.15, -0.1) is 0 Å². The Morgan fingerprint density at radius 2 is 2.00 bits per heavy atom. The Balaban J connectivity index is 2.12. The van der Waals surface area contributed by atoms with Gasteiger partial charge in [-0.2, -0.15) is 0 Å². The number of benzene rings is 1. The fourth-order valence-electron chi connectivity index (χ4n) is 2.81. The molecular formula is C16H23NO4. The van der Waals surface area contributed by atoms with Gasteiger partial charge >= 0.3 is 5.97 Å². The Kier molecular flexibility index (Phi) is 4.42. The SMILES string of the molecule is COc1ccc(O)c(C(C)N2CCC(C)(C(=O)O)CC2)c1. The molecule has 21 heavy (non-hydrogen) atoms. The third kappa shape index (κ3) is 3.13. The lowest BCUT2D eigenvalue weighted by Gasteiger charge is -2.39. The van der Waals surface area contributed by atoms with E-state index in [1.807, 2.05) is 13.0 Å². The van der Waals surface area contributed by atoms with Gasteiger partial charge in [0.15, 0.2) is 0 Å². The second kappa shape index (κ2) is 5.93. The average Bonchev–Trinajstić information content (AvgIpc) is 2.48. The summed E-state index contributed by atoms with van der Waals surface area (Å²) in [6.07, 6.45) is 1.24. The minimum Gasteiger partial charge on any atom is -0.508 e. The first-order valence-electron chi connectivity index (χ1n) is 7.22. The van der Waals surface area contributed by atoms with E-state index < -0.39 is 11.4 Å². The number of phenols is 1. The van der Waals surface area contributed by atoms with Crippen LogP contribution in [0.25, 0.3) is 0 Å². The van der Waals surface area contributed by atoms with Crippen LogP contribution in [0.2, 0.25) is 0 Å². The maximum Gasteiger partial charge on any atom is 0.309 e. The van der Waals surface area contributed by atoms with Crippen LogP contribution in [0.15, 0.2) is 18.2 Å². The third-order valence-electron chi connectivity index (χ3n) is 4.65. The summed E-state index contributed by atoms with van der Waals surface area (Å²) in [7, 11) is 1.60. The molecule has 0 amide bonds. The number of aliphatic carboxylic acids is 1.